The van der Waals surface area contributed by atoms with Gasteiger partial charge >= 0.3 is 0 Å². The monoisotopic (exact) mass is 382 g/mol. The van der Waals surface area contributed by atoms with E-state index < -0.39 is 0 Å². The van der Waals surface area contributed by atoms with Gasteiger partial charge in [-0.15, -0.1) is 0 Å². The van der Waals surface area contributed by atoms with Crippen LogP contribution in [0.3, 0.4) is 0 Å². The van der Waals surface area contributed by atoms with Crippen molar-refractivity contribution in [3.05, 3.63) is 41.0 Å². The molecule has 148 valence electrons. The van der Waals surface area contributed by atoms with Crippen LogP contribution >= 0.6 is 0 Å². The van der Waals surface area contributed by atoms with Crippen molar-refractivity contribution in [3.63, 3.8) is 0 Å². The van der Waals surface area contributed by atoms with E-state index in [0.717, 1.165) is 35.4 Å². The molecule has 1 aromatic heterocycles. The third-order valence-corrected chi connectivity index (χ3v) is 5.73. The Bertz CT molecular complexity index is 910. The molecule has 0 spiro atoms. The number of hydrogen-bond acceptors (Lipinski definition) is 6. The Morgan fingerprint density at radius 3 is 2.29 bits per heavy atom. The van der Waals surface area contributed by atoms with Gasteiger partial charge in [0, 0.05) is 17.5 Å². The number of benzene rings is 1. The molecule has 2 heterocycles. The average molecular weight is 382 g/mol. The molecular weight excluding hydrogens is 356 g/mol. The van der Waals surface area contributed by atoms with Crippen molar-refractivity contribution >= 4 is 5.71 Å². The first-order valence-electron chi connectivity index (χ1n) is 9.63. The van der Waals surface area contributed by atoms with Crippen LogP contribution < -0.4 is 18.9 Å². The molecule has 0 amide bonds. The van der Waals surface area contributed by atoms with Gasteiger partial charge in [-0.05, 0) is 36.6 Å². The molecule has 0 radical (unpaired) electrons. The summed E-state index contributed by atoms with van der Waals surface area (Å²) in [6.07, 6.45) is 4.67. The summed E-state index contributed by atoms with van der Waals surface area (Å²) in [7, 11) is 6.55. The highest BCUT2D eigenvalue weighted by Gasteiger charge is 2.35. The second-order valence-electron chi connectivity index (χ2n) is 7.14. The van der Waals surface area contributed by atoms with Crippen LogP contribution in [0.2, 0.25) is 0 Å². The summed E-state index contributed by atoms with van der Waals surface area (Å²) < 4.78 is 22.0. The lowest BCUT2D eigenvalue weighted by Gasteiger charge is -2.35. The zero-order valence-electron chi connectivity index (χ0n) is 16.8. The molecule has 1 aliphatic heterocycles. The number of hydrogen-bond donors (Lipinski definition) is 0. The van der Waals surface area contributed by atoms with Crippen LogP contribution in [-0.2, 0) is 0 Å². The molecule has 0 N–H and O–H groups in total. The highest BCUT2D eigenvalue weighted by atomic mass is 16.5. The largest absolute Gasteiger partial charge is 0.493 e. The fourth-order valence-corrected chi connectivity index (χ4v) is 4.36. The van der Waals surface area contributed by atoms with Gasteiger partial charge in [-0.1, -0.05) is 12.8 Å². The maximum Gasteiger partial charge on any atom is 0.226 e. The van der Waals surface area contributed by atoms with E-state index in [-0.39, 0.29) is 6.04 Å². The predicted octanol–water partition coefficient (Wildman–Crippen LogP) is 3.99. The van der Waals surface area contributed by atoms with Crippen LogP contribution in [-0.4, -0.2) is 45.2 Å². The Balaban J connectivity index is 1.92. The number of rotatable bonds is 5. The number of fused-ring (bicyclic) bond motifs is 3. The standard InChI is InChI=1S/C22H26N2O4/c1-25-18-11-15-13-7-5-6-8-17(13)23-21(16(15)12-19(18)26-2)14-9-10-20(27-3)24-22(14)28-4/h9-13,17H,5-8H2,1-4H3/t13-,17-/m1/s1. The Hall–Kier alpha value is -2.76. The topological polar surface area (TPSA) is 62.2 Å². The summed E-state index contributed by atoms with van der Waals surface area (Å²) in [6.45, 7) is 0. The summed E-state index contributed by atoms with van der Waals surface area (Å²) in [4.78, 5) is 9.63. The second kappa shape index (κ2) is 7.70. The lowest BCUT2D eigenvalue weighted by Crippen LogP contribution is -2.29. The van der Waals surface area contributed by atoms with Gasteiger partial charge in [-0.3, -0.25) is 4.99 Å². The van der Waals surface area contributed by atoms with Crippen LogP contribution in [0.5, 0.6) is 23.3 Å². The SMILES string of the molecule is COc1ccc(C2=N[C@@H]3CCCC[C@@H]3c3cc(OC)c(OC)cc32)c(OC)n1. The van der Waals surface area contributed by atoms with Gasteiger partial charge in [-0.2, -0.15) is 4.98 Å². The molecule has 4 rings (SSSR count). The summed E-state index contributed by atoms with van der Waals surface area (Å²) in [5, 5.41) is 0. The maximum absolute atomic E-state index is 5.58. The van der Waals surface area contributed by atoms with Crippen molar-refractivity contribution in [3.8, 4) is 23.3 Å². The van der Waals surface area contributed by atoms with E-state index in [4.69, 9.17) is 23.9 Å². The molecule has 1 fully saturated rings. The van der Waals surface area contributed by atoms with Crippen LogP contribution in [0, 0.1) is 0 Å². The van der Waals surface area contributed by atoms with E-state index in [1.807, 2.05) is 18.2 Å². The molecule has 6 heteroatoms. The lowest BCUT2D eigenvalue weighted by atomic mass is 9.75. The van der Waals surface area contributed by atoms with Crippen LogP contribution in [0.25, 0.3) is 0 Å². The first-order chi connectivity index (χ1) is 13.7. The van der Waals surface area contributed by atoms with Gasteiger partial charge < -0.3 is 18.9 Å². The summed E-state index contributed by atoms with van der Waals surface area (Å²) >= 11 is 0. The Labute approximate surface area is 165 Å². The van der Waals surface area contributed by atoms with Gasteiger partial charge in [0.15, 0.2) is 11.5 Å². The first kappa shape index (κ1) is 18.6. The highest BCUT2D eigenvalue weighted by Crippen LogP contribution is 2.45. The molecule has 2 aliphatic rings. The number of aliphatic imine (C=N–C) groups is 1. The maximum atomic E-state index is 5.58. The van der Waals surface area contributed by atoms with Crippen LogP contribution in [0.15, 0.2) is 29.3 Å². The third-order valence-electron chi connectivity index (χ3n) is 5.73. The minimum Gasteiger partial charge on any atom is -0.493 e. The predicted molar refractivity (Wildman–Crippen MR) is 108 cm³/mol. The van der Waals surface area contributed by atoms with Gasteiger partial charge in [-0.25, -0.2) is 0 Å². The zero-order valence-corrected chi connectivity index (χ0v) is 16.8. The number of ether oxygens (including phenoxy) is 4. The van der Waals surface area contributed by atoms with Gasteiger partial charge in [0.2, 0.25) is 11.8 Å². The van der Waals surface area contributed by atoms with E-state index in [0.29, 0.717) is 23.4 Å². The fraction of sp³-hybridized carbons (Fsp3) is 0.455. The van der Waals surface area contributed by atoms with Crippen LogP contribution in [0.1, 0.15) is 48.3 Å². The van der Waals surface area contributed by atoms with Crippen LogP contribution in [0.4, 0.5) is 0 Å². The summed E-state index contributed by atoms with van der Waals surface area (Å²) in [6, 6.07) is 8.22. The zero-order chi connectivity index (χ0) is 19.7. The lowest BCUT2D eigenvalue weighted by molar-refractivity contribution is 0.349. The van der Waals surface area contributed by atoms with E-state index in [2.05, 4.69) is 11.1 Å². The Kier molecular flexibility index (Phi) is 5.11. The van der Waals surface area contributed by atoms with Gasteiger partial charge in [0.1, 0.15) is 0 Å². The molecule has 1 aliphatic carbocycles. The van der Waals surface area contributed by atoms with E-state index in [9.17, 15) is 0 Å². The minimum absolute atomic E-state index is 0.265. The quantitative estimate of drug-likeness (QED) is 0.782. The van der Waals surface area contributed by atoms with Crippen molar-refractivity contribution in [1.29, 1.82) is 0 Å². The van der Waals surface area contributed by atoms with Crippen molar-refractivity contribution in [2.75, 3.05) is 28.4 Å². The van der Waals surface area contributed by atoms with E-state index in [1.54, 1.807) is 28.4 Å². The minimum atomic E-state index is 0.265. The van der Waals surface area contributed by atoms with E-state index in [1.165, 1.54) is 18.4 Å². The average Bonchev–Trinajstić information content (AvgIpc) is 2.77. The number of pyridine rings is 1. The molecule has 6 nitrogen and oxygen atoms in total. The molecule has 0 bridgehead atoms. The molecule has 1 aromatic carbocycles. The molecule has 0 unspecified atom stereocenters. The Morgan fingerprint density at radius 1 is 0.821 bits per heavy atom. The van der Waals surface area contributed by atoms with E-state index >= 15 is 0 Å². The van der Waals surface area contributed by atoms with Gasteiger partial charge in [0.05, 0.1) is 45.8 Å². The van der Waals surface area contributed by atoms with Crippen molar-refractivity contribution in [2.45, 2.75) is 37.6 Å². The smallest absolute Gasteiger partial charge is 0.226 e. The molecule has 0 saturated heterocycles. The number of aromatic nitrogens is 1. The van der Waals surface area contributed by atoms with Gasteiger partial charge in [0.25, 0.3) is 0 Å². The number of nitrogens with zero attached hydrogens (tertiary/aromatic N) is 2. The fourth-order valence-electron chi connectivity index (χ4n) is 4.36. The number of methoxy groups -OCH3 is 4. The normalized spacial score (nSPS) is 20.5. The molecule has 2 aromatic rings. The molecule has 1 saturated carbocycles. The molecule has 2 atom stereocenters. The summed E-state index contributed by atoms with van der Waals surface area (Å²) in [5.74, 6) is 2.88. The first-order valence-corrected chi connectivity index (χ1v) is 9.63. The van der Waals surface area contributed by atoms with Crippen molar-refractivity contribution in [2.24, 2.45) is 4.99 Å². The third kappa shape index (κ3) is 3.07. The summed E-state index contributed by atoms with van der Waals surface area (Å²) in [5.41, 5.74) is 4.09. The Morgan fingerprint density at radius 2 is 1.57 bits per heavy atom. The second-order valence-corrected chi connectivity index (χ2v) is 7.14. The molecule has 28 heavy (non-hydrogen) atoms. The van der Waals surface area contributed by atoms with Crippen molar-refractivity contribution in [1.82, 2.24) is 4.98 Å². The highest BCUT2D eigenvalue weighted by molar-refractivity contribution is 6.16. The molecular formula is C22H26N2O4. The van der Waals surface area contributed by atoms with Crippen molar-refractivity contribution < 1.29 is 18.9 Å².